The number of hydrogen-bond acceptors (Lipinski definition) is 2. The average molecular weight is 267 g/mol. The van der Waals surface area contributed by atoms with Crippen molar-refractivity contribution in [3.8, 4) is 0 Å². The minimum atomic E-state index is -0.990. The van der Waals surface area contributed by atoms with Crippen LogP contribution in [0.5, 0.6) is 0 Å². The van der Waals surface area contributed by atoms with Crippen LogP contribution in [0.15, 0.2) is 42.5 Å². The van der Waals surface area contributed by atoms with Crippen molar-refractivity contribution in [1.29, 1.82) is 0 Å². The number of hydrogen-bond donors (Lipinski definition) is 1. The van der Waals surface area contributed by atoms with Gasteiger partial charge in [-0.15, -0.1) is 0 Å². The second kappa shape index (κ2) is 4.81. The normalized spacial score (nSPS) is 13.1. The standard InChI is InChI=1S/C16H13NO3/c18-10-17-14-4-2-1-3-11(14)5-6-12-7-8-13(16(19)20)9-15(12)17/h1-4,7-10H,5-6H2,(H,19,20). The van der Waals surface area contributed by atoms with Crippen LogP contribution in [0, 0.1) is 0 Å². The topological polar surface area (TPSA) is 57.6 Å². The van der Waals surface area contributed by atoms with Crippen molar-refractivity contribution < 1.29 is 14.7 Å². The zero-order valence-corrected chi connectivity index (χ0v) is 10.7. The zero-order chi connectivity index (χ0) is 14.1. The number of aryl methyl sites for hydroxylation is 2. The lowest BCUT2D eigenvalue weighted by molar-refractivity contribution is -0.106. The van der Waals surface area contributed by atoms with E-state index in [4.69, 9.17) is 5.11 Å². The van der Waals surface area contributed by atoms with Gasteiger partial charge in [0.2, 0.25) is 6.41 Å². The van der Waals surface area contributed by atoms with E-state index < -0.39 is 5.97 Å². The number of benzene rings is 2. The monoisotopic (exact) mass is 267 g/mol. The van der Waals surface area contributed by atoms with Crippen LogP contribution in [0.4, 0.5) is 11.4 Å². The van der Waals surface area contributed by atoms with E-state index in [1.807, 2.05) is 24.3 Å². The van der Waals surface area contributed by atoms with E-state index in [2.05, 4.69) is 0 Å². The smallest absolute Gasteiger partial charge is 0.335 e. The van der Waals surface area contributed by atoms with Gasteiger partial charge in [0.1, 0.15) is 0 Å². The Hall–Kier alpha value is -2.62. The number of para-hydroxylation sites is 1. The summed E-state index contributed by atoms with van der Waals surface area (Å²) >= 11 is 0. The summed E-state index contributed by atoms with van der Waals surface area (Å²) in [4.78, 5) is 24.1. The summed E-state index contributed by atoms with van der Waals surface area (Å²) in [6.45, 7) is 0. The molecule has 0 unspecified atom stereocenters. The quantitative estimate of drug-likeness (QED) is 0.851. The lowest BCUT2D eigenvalue weighted by atomic mass is 10.0. The fourth-order valence-corrected chi connectivity index (χ4v) is 2.60. The molecule has 1 amide bonds. The van der Waals surface area contributed by atoms with Gasteiger partial charge >= 0.3 is 5.97 Å². The Bertz CT molecular complexity index is 694. The molecule has 0 saturated carbocycles. The Morgan fingerprint density at radius 1 is 1.05 bits per heavy atom. The van der Waals surface area contributed by atoms with Gasteiger partial charge in [-0.05, 0) is 42.2 Å². The molecule has 4 heteroatoms. The molecule has 0 atom stereocenters. The highest BCUT2D eigenvalue weighted by molar-refractivity contribution is 5.94. The molecule has 2 aromatic carbocycles. The number of carboxylic acids is 1. The number of amides is 1. The lowest BCUT2D eigenvalue weighted by Crippen LogP contribution is -2.16. The molecule has 3 rings (SSSR count). The number of carbonyl (C=O) groups is 2. The molecular weight excluding hydrogens is 254 g/mol. The van der Waals surface area contributed by atoms with Crippen molar-refractivity contribution >= 4 is 23.8 Å². The van der Waals surface area contributed by atoms with Crippen LogP contribution < -0.4 is 4.90 Å². The molecule has 4 nitrogen and oxygen atoms in total. The number of carbonyl (C=O) groups excluding carboxylic acids is 1. The van der Waals surface area contributed by atoms with Crippen LogP contribution in [0.2, 0.25) is 0 Å². The predicted octanol–water partition coefficient (Wildman–Crippen LogP) is 2.78. The molecule has 0 aliphatic carbocycles. The highest BCUT2D eigenvalue weighted by Crippen LogP contribution is 2.35. The van der Waals surface area contributed by atoms with Crippen molar-refractivity contribution in [2.24, 2.45) is 0 Å². The molecule has 1 aliphatic rings. The Labute approximate surface area is 116 Å². The van der Waals surface area contributed by atoms with E-state index in [9.17, 15) is 9.59 Å². The second-order valence-electron chi connectivity index (χ2n) is 4.75. The predicted molar refractivity (Wildman–Crippen MR) is 75.5 cm³/mol. The van der Waals surface area contributed by atoms with Gasteiger partial charge < -0.3 is 5.11 Å². The first-order valence-electron chi connectivity index (χ1n) is 6.39. The zero-order valence-electron chi connectivity index (χ0n) is 10.7. The number of carboxylic acid groups (broad SMARTS) is 1. The van der Waals surface area contributed by atoms with Gasteiger partial charge in [0.15, 0.2) is 0 Å². The van der Waals surface area contributed by atoms with Crippen LogP contribution in [-0.4, -0.2) is 17.5 Å². The number of nitrogens with zero attached hydrogens (tertiary/aromatic N) is 1. The molecule has 1 aliphatic heterocycles. The third-order valence-corrected chi connectivity index (χ3v) is 3.61. The van der Waals surface area contributed by atoms with Crippen LogP contribution in [-0.2, 0) is 17.6 Å². The van der Waals surface area contributed by atoms with E-state index in [1.54, 1.807) is 18.2 Å². The van der Waals surface area contributed by atoms with E-state index in [-0.39, 0.29) is 5.56 Å². The maximum atomic E-state index is 11.5. The minimum Gasteiger partial charge on any atom is -0.478 e. The average Bonchev–Trinajstić information content (AvgIpc) is 2.62. The minimum absolute atomic E-state index is 0.190. The molecule has 0 radical (unpaired) electrons. The molecule has 0 saturated heterocycles. The molecule has 0 bridgehead atoms. The summed E-state index contributed by atoms with van der Waals surface area (Å²) in [5.41, 5.74) is 3.74. The maximum Gasteiger partial charge on any atom is 0.335 e. The molecule has 2 aromatic rings. The largest absolute Gasteiger partial charge is 0.478 e. The first kappa shape index (κ1) is 12.4. The highest BCUT2D eigenvalue weighted by atomic mass is 16.4. The maximum absolute atomic E-state index is 11.5. The summed E-state index contributed by atoms with van der Waals surface area (Å²) in [6, 6.07) is 12.6. The van der Waals surface area contributed by atoms with Gasteiger partial charge in [-0.2, -0.15) is 0 Å². The molecule has 1 N–H and O–H groups in total. The third-order valence-electron chi connectivity index (χ3n) is 3.61. The fourth-order valence-electron chi connectivity index (χ4n) is 2.60. The van der Waals surface area contributed by atoms with Crippen molar-refractivity contribution in [1.82, 2.24) is 0 Å². The number of rotatable bonds is 2. The van der Waals surface area contributed by atoms with Gasteiger partial charge in [0, 0.05) is 0 Å². The first-order valence-corrected chi connectivity index (χ1v) is 6.39. The van der Waals surface area contributed by atoms with E-state index in [1.165, 1.54) is 4.90 Å². The Kier molecular flexibility index (Phi) is 2.99. The van der Waals surface area contributed by atoms with Crippen LogP contribution in [0.25, 0.3) is 0 Å². The Balaban J connectivity index is 2.20. The molecule has 100 valence electrons. The van der Waals surface area contributed by atoms with E-state index in [0.717, 1.165) is 36.1 Å². The van der Waals surface area contributed by atoms with Gasteiger partial charge in [-0.1, -0.05) is 24.3 Å². The Morgan fingerprint density at radius 3 is 2.45 bits per heavy atom. The lowest BCUT2D eigenvalue weighted by Gasteiger charge is -2.20. The van der Waals surface area contributed by atoms with E-state index in [0.29, 0.717) is 5.69 Å². The number of anilines is 2. The van der Waals surface area contributed by atoms with Crippen molar-refractivity contribution in [3.63, 3.8) is 0 Å². The summed E-state index contributed by atoms with van der Waals surface area (Å²) in [5, 5.41) is 9.10. The van der Waals surface area contributed by atoms with Gasteiger partial charge in [0.05, 0.1) is 16.9 Å². The van der Waals surface area contributed by atoms with E-state index >= 15 is 0 Å². The molecule has 0 spiro atoms. The second-order valence-corrected chi connectivity index (χ2v) is 4.75. The SMILES string of the molecule is O=CN1c2ccccc2CCc2ccc(C(=O)O)cc21. The number of aromatic carboxylic acids is 1. The molecule has 0 fully saturated rings. The van der Waals surface area contributed by atoms with Crippen molar-refractivity contribution in [2.45, 2.75) is 12.8 Å². The molecule has 0 aromatic heterocycles. The summed E-state index contributed by atoms with van der Waals surface area (Å²) in [6.07, 6.45) is 2.37. The molecule has 1 heterocycles. The van der Waals surface area contributed by atoms with Gasteiger partial charge in [0.25, 0.3) is 0 Å². The number of fused-ring (bicyclic) bond motifs is 2. The van der Waals surface area contributed by atoms with Gasteiger partial charge in [-0.25, -0.2) is 4.79 Å². The van der Waals surface area contributed by atoms with Crippen LogP contribution in [0.3, 0.4) is 0 Å². The third kappa shape index (κ3) is 1.95. The molecule has 20 heavy (non-hydrogen) atoms. The summed E-state index contributed by atoms with van der Waals surface area (Å²) in [7, 11) is 0. The summed E-state index contributed by atoms with van der Waals surface area (Å²) < 4.78 is 0. The van der Waals surface area contributed by atoms with Crippen molar-refractivity contribution in [3.05, 3.63) is 59.2 Å². The Morgan fingerprint density at radius 2 is 1.75 bits per heavy atom. The van der Waals surface area contributed by atoms with Crippen LogP contribution >= 0.6 is 0 Å². The van der Waals surface area contributed by atoms with Crippen LogP contribution in [0.1, 0.15) is 21.5 Å². The molecular formula is C16H13NO3. The van der Waals surface area contributed by atoms with Gasteiger partial charge in [-0.3, -0.25) is 9.69 Å². The van der Waals surface area contributed by atoms with Crippen molar-refractivity contribution in [2.75, 3.05) is 4.90 Å². The first-order chi connectivity index (χ1) is 9.70. The fraction of sp³-hybridized carbons (Fsp3) is 0.125. The highest BCUT2D eigenvalue weighted by Gasteiger charge is 2.21. The summed E-state index contributed by atoms with van der Waals surface area (Å²) in [5.74, 6) is -0.990.